The molecule has 16 heavy (non-hydrogen) atoms. The van der Waals surface area contributed by atoms with Crippen LogP contribution in [-0.4, -0.2) is 68.9 Å². The third kappa shape index (κ3) is 3.74. The van der Waals surface area contributed by atoms with Gasteiger partial charge in [0, 0.05) is 4.91 Å². The van der Waals surface area contributed by atoms with Crippen LogP contribution in [0, 0.1) is 0 Å². The topological polar surface area (TPSA) is 167 Å². The van der Waals surface area contributed by atoms with E-state index in [0.29, 0.717) is 0 Å². The number of azide groups is 1. The Hall–Kier alpha value is -1.22. The van der Waals surface area contributed by atoms with Gasteiger partial charge in [-0.3, -0.25) is 4.79 Å². The molecule has 0 aromatic rings. The second-order valence-electron chi connectivity index (χ2n) is 3.01. The molecule has 0 unspecified atom stereocenters. The van der Waals surface area contributed by atoms with Crippen LogP contribution in [0.25, 0.3) is 10.4 Å². The highest BCUT2D eigenvalue weighted by molar-refractivity contribution is 5.84. The summed E-state index contributed by atoms with van der Waals surface area (Å²) >= 11 is 0. The summed E-state index contributed by atoms with van der Waals surface area (Å²) in [6.07, 6.45) is -5.78. The Kier molecular flexibility index (Phi) is 6.58. The molecule has 0 saturated carbocycles. The lowest BCUT2D eigenvalue weighted by atomic mass is 9.99. The van der Waals surface area contributed by atoms with Crippen molar-refractivity contribution < 1.29 is 30.3 Å². The van der Waals surface area contributed by atoms with Crippen molar-refractivity contribution in [3.05, 3.63) is 10.4 Å². The van der Waals surface area contributed by atoms with Crippen LogP contribution >= 0.6 is 0 Å². The number of aliphatic hydroxyl groups is 5. The van der Waals surface area contributed by atoms with Gasteiger partial charge in [0.25, 0.3) is 0 Å². The molecule has 9 heteroatoms. The molecule has 0 bridgehead atoms. The molecule has 0 aliphatic carbocycles. The molecule has 0 radical (unpaired) electrons. The number of carbonyl (C=O) groups is 1. The molecule has 92 valence electrons. The minimum Gasteiger partial charge on any atom is -0.396 e. The predicted octanol–water partition coefficient (Wildman–Crippen LogP) is -2.70. The van der Waals surface area contributed by atoms with Crippen molar-refractivity contribution in [3.8, 4) is 0 Å². The monoisotopic (exact) mass is 235 g/mol. The van der Waals surface area contributed by atoms with E-state index in [1.807, 2.05) is 0 Å². The Balaban J connectivity index is 4.63. The van der Waals surface area contributed by atoms with Crippen LogP contribution in [0.2, 0.25) is 0 Å². The van der Waals surface area contributed by atoms with E-state index in [1.165, 1.54) is 0 Å². The normalized spacial score (nSPS) is 18.1. The van der Waals surface area contributed by atoms with Crippen molar-refractivity contribution in [2.75, 3.05) is 13.2 Å². The largest absolute Gasteiger partial charge is 0.396 e. The quantitative estimate of drug-likeness (QED) is 0.183. The van der Waals surface area contributed by atoms with E-state index in [9.17, 15) is 15.0 Å². The predicted molar refractivity (Wildman–Crippen MR) is 50.1 cm³/mol. The number of aliphatic hydroxyl groups excluding tert-OH is 5. The van der Waals surface area contributed by atoms with Crippen LogP contribution in [0.5, 0.6) is 0 Å². The van der Waals surface area contributed by atoms with Gasteiger partial charge >= 0.3 is 0 Å². The van der Waals surface area contributed by atoms with Gasteiger partial charge in [0.05, 0.1) is 18.8 Å². The highest BCUT2D eigenvalue weighted by atomic mass is 16.4. The van der Waals surface area contributed by atoms with Gasteiger partial charge in [-0.1, -0.05) is 5.11 Å². The SMILES string of the molecule is [N-]=[N+]=N[C@@H](CO)[C@@H](O)[C@@H](O)[C@H](O)C(=O)CO. The van der Waals surface area contributed by atoms with Crippen molar-refractivity contribution in [2.45, 2.75) is 24.4 Å². The van der Waals surface area contributed by atoms with Crippen molar-refractivity contribution in [1.29, 1.82) is 0 Å². The summed E-state index contributed by atoms with van der Waals surface area (Å²) in [6.45, 7) is -1.77. The van der Waals surface area contributed by atoms with Gasteiger partial charge in [0.2, 0.25) is 0 Å². The van der Waals surface area contributed by atoms with E-state index in [0.717, 1.165) is 0 Å². The van der Waals surface area contributed by atoms with Gasteiger partial charge in [-0.25, -0.2) is 0 Å². The summed E-state index contributed by atoms with van der Waals surface area (Å²) < 4.78 is 0. The molecule has 0 aromatic carbocycles. The minimum absolute atomic E-state index is 0.762. The Morgan fingerprint density at radius 1 is 1.25 bits per heavy atom. The van der Waals surface area contributed by atoms with Crippen molar-refractivity contribution in [2.24, 2.45) is 5.11 Å². The zero-order valence-electron chi connectivity index (χ0n) is 8.21. The van der Waals surface area contributed by atoms with Gasteiger partial charge in [0.1, 0.15) is 18.8 Å². The van der Waals surface area contributed by atoms with E-state index in [2.05, 4.69) is 10.0 Å². The molecule has 0 aliphatic heterocycles. The lowest BCUT2D eigenvalue weighted by molar-refractivity contribution is -0.142. The summed E-state index contributed by atoms with van der Waals surface area (Å²) in [5.74, 6) is -1.09. The Morgan fingerprint density at radius 2 is 1.81 bits per heavy atom. The summed E-state index contributed by atoms with van der Waals surface area (Å²) in [6, 6.07) is -1.39. The standard InChI is InChI=1S/C7H13N3O6/c8-10-9-3(1-11)5(14)7(16)6(15)4(13)2-12/h3,5-7,11-12,14-16H,1-2H2/t3-,5+,6+,7+/m0/s1. The first-order valence-corrected chi connectivity index (χ1v) is 4.32. The zero-order valence-corrected chi connectivity index (χ0v) is 8.21. The number of ketones is 1. The second kappa shape index (κ2) is 7.12. The van der Waals surface area contributed by atoms with Gasteiger partial charge in [-0.15, -0.1) is 0 Å². The van der Waals surface area contributed by atoms with Crippen LogP contribution in [-0.2, 0) is 4.79 Å². The molecule has 0 saturated heterocycles. The molecule has 4 atom stereocenters. The van der Waals surface area contributed by atoms with Gasteiger partial charge < -0.3 is 25.5 Å². The highest BCUT2D eigenvalue weighted by Gasteiger charge is 2.33. The molecule has 0 aliphatic rings. The fraction of sp³-hybridized carbons (Fsp3) is 0.857. The van der Waals surface area contributed by atoms with Gasteiger partial charge in [-0.05, 0) is 5.53 Å². The van der Waals surface area contributed by atoms with Gasteiger partial charge in [0.15, 0.2) is 5.78 Å². The molecule has 0 aromatic heterocycles. The number of hydrogen-bond donors (Lipinski definition) is 5. The van der Waals surface area contributed by atoms with Crippen LogP contribution in [0.15, 0.2) is 5.11 Å². The zero-order chi connectivity index (χ0) is 12.7. The molecule has 9 nitrogen and oxygen atoms in total. The third-order valence-electron chi connectivity index (χ3n) is 1.94. The Labute approximate surface area is 90.2 Å². The maximum Gasteiger partial charge on any atom is 0.189 e. The summed E-state index contributed by atoms with van der Waals surface area (Å²) in [5.41, 5.74) is 8.08. The van der Waals surface area contributed by atoms with Crippen LogP contribution in [0.1, 0.15) is 0 Å². The molecular weight excluding hydrogens is 222 g/mol. The van der Waals surface area contributed by atoms with E-state index in [-0.39, 0.29) is 0 Å². The first kappa shape index (κ1) is 14.8. The molecule has 0 fully saturated rings. The third-order valence-corrected chi connectivity index (χ3v) is 1.94. The number of carbonyl (C=O) groups excluding carboxylic acids is 1. The van der Waals surface area contributed by atoms with Crippen molar-refractivity contribution >= 4 is 5.78 Å². The minimum atomic E-state index is -2.01. The van der Waals surface area contributed by atoms with Crippen molar-refractivity contribution in [1.82, 2.24) is 0 Å². The van der Waals surface area contributed by atoms with Crippen LogP contribution in [0.4, 0.5) is 0 Å². The van der Waals surface area contributed by atoms with Crippen LogP contribution in [0.3, 0.4) is 0 Å². The van der Waals surface area contributed by atoms with Crippen molar-refractivity contribution in [3.63, 3.8) is 0 Å². The number of Topliss-reactive ketones (excluding diaryl/α,β-unsaturated/α-hetero) is 1. The lowest BCUT2D eigenvalue weighted by Gasteiger charge is -2.24. The number of hydrogen-bond acceptors (Lipinski definition) is 7. The molecule has 5 N–H and O–H groups in total. The first-order valence-electron chi connectivity index (χ1n) is 4.32. The maximum absolute atomic E-state index is 10.8. The average molecular weight is 235 g/mol. The van der Waals surface area contributed by atoms with Crippen LogP contribution < -0.4 is 0 Å². The summed E-state index contributed by atoms with van der Waals surface area (Å²) in [7, 11) is 0. The number of rotatable bonds is 7. The molecule has 0 amide bonds. The smallest absolute Gasteiger partial charge is 0.189 e. The fourth-order valence-corrected chi connectivity index (χ4v) is 0.978. The highest BCUT2D eigenvalue weighted by Crippen LogP contribution is 2.09. The number of nitrogens with zero attached hydrogens (tertiary/aromatic N) is 3. The second-order valence-corrected chi connectivity index (χ2v) is 3.01. The van der Waals surface area contributed by atoms with E-state index in [4.69, 9.17) is 20.9 Å². The fourth-order valence-electron chi connectivity index (χ4n) is 0.978. The average Bonchev–Trinajstić information content (AvgIpc) is 2.32. The maximum atomic E-state index is 10.8. The summed E-state index contributed by atoms with van der Waals surface area (Å²) in [4.78, 5) is 13.1. The van der Waals surface area contributed by atoms with Gasteiger partial charge in [-0.2, -0.15) is 0 Å². The molecule has 0 rings (SSSR count). The molecule has 0 heterocycles. The van der Waals surface area contributed by atoms with E-state index in [1.54, 1.807) is 0 Å². The lowest BCUT2D eigenvalue weighted by Crippen LogP contribution is -2.48. The Bertz CT molecular complexity index is 279. The molecule has 0 spiro atoms. The summed E-state index contributed by atoms with van der Waals surface area (Å²) in [5, 5.41) is 47.8. The van der Waals surface area contributed by atoms with E-state index < -0.39 is 43.4 Å². The van der Waals surface area contributed by atoms with E-state index >= 15 is 0 Å². The molecular formula is C7H13N3O6. The Morgan fingerprint density at radius 3 is 2.19 bits per heavy atom. The first-order chi connectivity index (χ1) is 7.49.